The summed E-state index contributed by atoms with van der Waals surface area (Å²) >= 11 is 6.06. The van der Waals surface area contributed by atoms with E-state index in [9.17, 15) is 0 Å². The van der Waals surface area contributed by atoms with Crippen LogP contribution in [-0.2, 0) is 0 Å². The van der Waals surface area contributed by atoms with Crippen molar-refractivity contribution in [3.05, 3.63) is 47.0 Å². The first-order valence-electron chi connectivity index (χ1n) is 7.19. The molecule has 0 amide bonds. The molecule has 4 rings (SSSR count). The van der Waals surface area contributed by atoms with E-state index in [1.54, 1.807) is 6.07 Å². The highest BCUT2D eigenvalue weighted by Gasteiger charge is 2.56. The average molecular weight is 317 g/mol. The van der Waals surface area contributed by atoms with Gasteiger partial charge in [0.25, 0.3) is 0 Å². The third-order valence-electron chi connectivity index (χ3n) is 4.45. The summed E-state index contributed by atoms with van der Waals surface area (Å²) in [7, 11) is 3.95. The maximum Gasteiger partial charge on any atom is 0.181 e. The Bertz CT molecular complexity index is 712. The van der Waals surface area contributed by atoms with Gasteiger partial charge in [-0.2, -0.15) is 0 Å². The van der Waals surface area contributed by atoms with Gasteiger partial charge in [0.05, 0.1) is 17.7 Å². The second-order valence-electron chi connectivity index (χ2n) is 5.56. The van der Waals surface area contributed by atoms with Gasteiger partial charge < -0.3 is 20.4 Å². The molecule has 7 heteroatoms. The fraction of sp³-hybridized carbons (Fsp3) is 0.333. The number of anilines is 1. The van der Waals surface area contributed by atoms with Crippen LogP contribution in [0.1, 0.15) is 0 Å². The van der Waals surface area contributed by atoms with Crippen molar-refractivity contribution in [2.45, 2.75) is 11.7 Å². The summed E-state index contributed by atoms with van der Waals surface area (Å²) in [5.74, 6) is 0.843. The SMILES string of the molecule is CNC1=CNC2N(c3cccc(Cl)n3)CC=C3N(C)C=NC132. The van der Waals surface area contributed by atoms with Crippen LogP contribution in [0.2, 0.25) is 5.15 Å². The average Bonchev–Trinajstić information content (AvgIpc) is 3.06. The molecule has 0 bridgehead atoms. The molecular weight excluding hydrogens is 300 g/mol. The maximum absolute atomic E-state index is 6.06. The number of nitrogens with one attached hydrogen (secondary N) is 2. The van der Waals surface area contributed by atoms with Crippen LogP contribution >= 0.6 is 11.6 Å². The summed E-state index contributed by atoms with van der Waals surface area (Å²) in [6, 6.07) is 5.68. The summed E-state index contributed by atoms with van der Waals surface area (Å²) in [5.41, 5.74) is 1.78. The molecule has 3 aliphatic heterocycles. The molecule has 4 heterocycles. The van der Waals surface area contributed by atoms with Crippen molar-refractivity contribution in [3.63, 3.8) is 0 Å². The normalized spacial score (nSPS) is 28.8. The van der Waals surface area contributed by atoms with Gasteiger partial charge in [-0.25, -0.2) is 4.98 Å². The Labute approximate surface area is 134 Å². The lowest BCUT2D eigenvalue weighted by molar-refractivity contribution is 0.382. The molecule has 1 aromatic heterocycles. The monoisotopic (exact) mass is 316 g/mol. The first-order valence-corrected chi connectivity index (χ1v) is 7.57. The van der Waals surface area contributed by atoms with Crippen LogP contribution in [-0.4, -0.2) is 48.6 Å². The zero-order chi connectivity index (χ0) is 15.3. The Morgan fingerprint density at radius 3 is 3.09 bits per heavy atom. The number of rotatable bonds is 2. The lowest BCUT2D eigenvalue weighted by Gasteiger charge is -2.43. The van der Waals surface area contributed by atoms with Gasteiger partial charge in [-0.1, -0.05) is 17.7 Å². The molecule has 0 saturated carbocycles. The van der Waals surface area contributed by atoms with Crippen molar-refractivity contribution in [1.29, 1.82) is 0 Å². The lowest BCUT2D eigenvalue weighted by Crippen LogP contribution is -2.60. The van der Waals surface area contributed by atoms with Gasteiger partial charge in [0.1, 0.15) is 17.1 Å². The van der Waals surface area contributed by atoms with E-state index >= 15 is 0 Å². The predicted molar refractivity (Wildman–Crippen MR) is 87.7 cm³/mol. The van der Waals surface area contributed by atoms with Crippen LogP contribution in [0.4, 0.5) is 5.82 Å². The predicted octanol–water partition coefficient (Wildman–Crippen LogP) is 1.14. The van der Waals surface area contributed by atoms with E-state index in [-0.39, 0.29) is 6.17 Å². The fourth-order valence-corrected chi connectivity index (χ4v) is 3.64. The molecule has 0 saturated heterocycles. The topological polar surface area (TPSA) is 55.8 Å². The number of aliphatic imine (C=N–C) groups is 1. The van der Waals surface area contributed by atoms with Crippen LogP contribution in [0.25, 0.3) is 0 Å². The van der Waals surface area contributed by atoms with Crippen LogP contribution in [0, 0.1) is 0 Å². The number of aromatic nitrogens is 1. The van der Waals surface area contributed by atoms with Gasteiger partial charge in [-0.15, -0.1) is 0 Å². The Kier molecular flexibility index (Phi) is 2.84. The maximum atomic E-state index is 6.06. The van der Waals surface area contributed by atoms with Gasteiger partial charge in [0.15, 0.2) is 5.54 Å². The summed E-state index contributed by atoms with van der Waals surface area (Å²) in [6.45, 7) is 0.751. The number of halogens is 1. The number of pyridine rings is 1. The Morgan fingerprint density at radius 1 is 1.45 bits per heavy atom. The third-order valence-corrected chi connectivity index (χ3v) is 4.66. The van der Waals surface area contributed by atoms with Crippen LogP contribution in [0.3, 0.4) is 0 Å². The molecular formula is C15H17ClN6. The van der Waals surface area contributed by atoms with E-state index < -0.39 is 5.54 Å². The number of hydrogen-bond donors (Lipinski definition) is 2. The molecule has 2 atom stereocenters. The first-order chi connectivity index (χ1) is 10.7. The van der Waals surface area contributed by atoms with E-state index in [0.717, 1.165) is 18.1 Å². The van der Waals surface area contributed by atoms with Gasteiger partial charge in [0, 0.05) is 26.8 Å². The smallest absolute Gasteiger partial charge is 0.181 e. The lowest BCUT2D eigenvalue weighted by atomic mass is 9.87. The molecule has 3 aliphatic rings. The molecule has 1 aromatic rings. The van der Waals surface area contributed by atoms with Gasteiger partial charge in [0.2, 0.25) is 0 Å². The minimum Gasteiger partial charge on any atom is -0.388 e. The molecule has 1 spiro atoms. The zero-order valence-electron chi connectivity index (χ0n) is 12.4. The van der Waals surface area contributed by atoms with E-state index in [4.69, 9.17) is 16.6 Å². The number of hydrogen-bond acceptors (Lipinski definition) is 6. The van der Waals surface area contributed by atoms with E-state index in [2.05, 4.69) is 31.5 Å². The van der Waals surface area contributed by atoms with Gasteiger partial charge >= 0.3 is 0 Å². The summed E-state index contributed by atoms with van der Waals surface area (Å²) in [6.07, 6.45) is 6.05. The van der Waals surface area contributed by atoms with Crippen LogP contribution in [0.15, 0.2) is 46.9 Å². The number of likely N-dealkylation sites (N-methyl/N-ethyl adjacent to an activating group) is 2. The Hall–Kier alpha value is -2.21. The second kappa shape index (κ2) is 4.64. The van der Waals surface area contributed by atoms with Crippen molar-refractivity contribution in [2.24, 2.45) is 4.99 Å². The molecule has 0 aromatic carbocycles. The van der Waals surface area contributed by atoms with Gasteiger partial charge in [-0.3, -0.25) is 4.99 Å². The van der Waals surface area contributed by atoms with Crippen molar-refractivity contribution in [3.8, 4) is 0 Å². The zero-order valence-corrected chi connectivity index (χ0v) is 13.2. The Morgan fingerprint density at radius 2 is 2.32 bits per heavy atom. The third kappa shape index (κ3) is 1.61. The first kappa shape index (κ1) is 13.5. The molecule has 0 aliphatic carbocycles. The molecule has 0 radical (unpaired) electrons. The van der Waals surface area contributed by atoms with Crippen molar-refractivity contribution >= 4 is 23.8 Å². The standard InChI is InChI=1S/C15H17ClN6/c1-17-10-8-18-14-15(10)11(21(2)9-19-15)6-7-22(14)13-5-3-4-12(16)20-13/h3-6,8-9,14,17-18H,7H2,1-2H3. The quantitative estimate of drug-likeness (QED) is 0.802. The highest BCUT2D eigenvalue weighted by Crippen LogP contribution is 2.44. The Balaban J connectivity index is 1.82. The van der Waals surface area contributed by atoms with Crippen molar-refractivity contribution in [1.82, 2.24) is 20.5 Å². The van der Waals surface area contributed by atoms with E-state index in [1.165, 1.54) is 5.70 Å². The second-order valence-corrected chi connectivity index (χ2v) is 5.95. The van der Waals surface area contributed by atoms with Crippen LogP contribution in [0.5, 0.6) is 0 Å². The fourth-order valence-electron chi connectivity index (χ4n) is 3.48. The highest BCUT2D eigenvalue weighted by molar-refractivity contribution is 6.29. The minimum atomic E-state index is -0.453. The van der Waals surface area contributed by atoms with Crippen molar-refractivity contribution < 1.29 is 0 Å². The highest BCUT2D eigenvalue weighted by atomic mass is 35.5. The molecule has 2 N–H and O–H groups in total. The number of nitrogens with zero attached hydrogens (tertiary/aromatic N) is 4. The largest absolute Gasteiger partial charge is 0.388 e. The molecule has 6 nitrogen and oxygen atoms in total. The van der Waals surface area contributed by atoms with E-state index in [1.807, 2.05) is 38.8 Å². The molecule has 0 fully saturated rings. The van der Waals surface area contributed by atoms with Crippen molar-refractivity contribution in [2.75, 3.05) is 25.5 Å². The summed E-state index contributed by atoms with van der Waals surface area (Å²) in [5, 5.41) is 7.21. The summed E-state index contributed by atoms with van der Waals surface area (Å²) < 4.78 is 0. The van der Waals surface area contributed by atoms with E-state index in [0.29, 0.717) is 5.15 Å². The van der Waals surface area contributed by atoms with Gasteiger partial charge in [-0.05, 0) is 18.2 Å². The minimum absolute atomic E-state index is 0.0258. The summed E-state index contributed by atoms with van der Waals surface area (Å²) in [4.78, 5) is 13.5. The van der Waals surface area contributed by atoms with Crippen LogP contribution < -0.4 is 15.5 Å². The molecule has 22 heavy (non-hydrogen) atoms. The molecule has 114 valence electrons. The molecule has 2 unspecified atom stereocenters.